The van der Waals surface area contributed by atoms with E-state index in [1.165, 1.54) is 0 Å². The molecule has 0 unspecified atom stereocenters. The molecule has 2 heterocycles. The van der Waals surface area contributed by atoms with Crippen molar-refractivity contribution in [3.05, 3.63) is 87.1 Å². The third-order valence-electron chi connectivity index (χ3n) is 6.41. The molecule has 0 saturated carbocycles. The first-order valence-electron chi connectivity index (χ1n) is 12.0. The Balaban J connectivity index is 1.34. The molecule has 2 aliphatic rings. The van der Waals surface area contributed by atoms with Crippen molar-refractivity contribution < 1.29 is 23.7 Å². The van der Waals surface area contributed by atoms with Crippen LogP contribution in [0.2, 0.25) is 5.02 Å². The van der Waals surface area contributed by atoms with Crippen molar-refractivity contribution in [2.45, 2.75) is 34.0 Å². The minimum absolute atomic E-state index is 0.126. The van der Waals surface area contributed by atoms with Crippen molar-refractivity contribution in [3.8, 4) is 17.2 Å². The first kappa shape index (κ1) is 24.2. The van der Waals surface area contributed by atoms with E-state index in [0.717, 1.165) is 46.8 Å². The van der Waals surface area contributed by atoms with Crippen molar-refractivity contribution in [1.29, 1.82) is 0 Å². The van der Waals surface area contributed by atoms with E-state index in [1.54, 1.807) is 12.1 Å². The van der Waals surface area contributed by atoms with Gasteiger partial charge in [-0.3, -0.25) is 4.79 Å². The maximum Gasteiger partial charge on any atom is 0.232 e. The topological polar surface area (TPSA) is 57.2 Å². The molecule has 186 valence electrons. The molecule has 0 aliphatic carbocycles. The van der Waals surface area contributed by atoms with Crippen LogP contribution in [0, 0.1) is 6.92 Å². The Hall–Kier alpha value is -3.48. The van der Waals surface area contributed by atoms with E-state index >= 15 is 0 Å². The molecule has 36 heavy (non-hydrogen) atoms. The summed E-state index contributed by atoms with van der Waals surface area (Å²) in [6, 6.07) is 15.4. The van der Waals surface area contributed by atoms with Crippen molar-refractivity contribution in [2.75, 3.05) is 24.8 Å². The number of rotatable bonds is 7. The van der Waals surface area contributed by atoms with Crippen LogP contribution < -0.4 is 19.1 Å². The Labute approximate surface area is 216 Å². The van der Waals surface area contributed by atoms with E-state index in [1.807, 2.05) is 37.3 Å². The summed E-state index contributed by atoms with van der Waals surface area (Å²) in [5.41, 5.74) is 5.15. The van der Waals surface area contributed by atoms with E-state index in [0.29, 0.717) is 34.5 Å². The van der Waals surface area contributed by atoms with Crippen LogP contribution in [0.3, 0.4) is 0 Å². The maximum absolute atomic E-state index is 13.1. The third kappa shape index (κ3) is 4.79. The Morgan fingerprint density at radius 3 is 2.61 bits per heavy atom. The molecule has 0 bridgehead atoms. The van der Waals surface area contributed by atoms with Gasteiger partial charge in [-0.05, 0) is 68.3 Å². The van der Waals surface area contributed by atoms with Crippen LogP contribution in [0.5, 0.6) is 17.2 Å². The second-order valence-corrected chi connectivity index (χ2v) is 9.21. The Morgan fingerprint density at radius 1 is 1.08 bits per heavy atom. The molecule has 7 heteroatoms. The molecule has 0 amide bonds. The van der Waals surface area contributed by atoms with Gasteiger partial charge >= 0.3 is 0 Å². The summed E-state index contributed by atoms with van der Waals surface area (Å²) < 4.78 is 23.1. The number of aryl methyl sites for hydroxylation is 1. The SMILES string of the molecule is CCN(CC)c1ccc(/C=C2\Oc3cc(OCc4cc(Cl)cc5c4OCOC5)cc(C)c3C2=O)cc1. The van der Waals surface area contributed by atoms with Gasteiger partial charge in [0.2, 0.25) is 5.78 Å². The molecule has 3 aromatic rings. The van der Waals surface area contributed by atoms with Gasteiger partial charge in [-0.25, -0.2) is 0 Å². The standard InChI is InChI=1S/C29H28ClNO5/c1-4-31(5-2)23-8-6-19(7-9-23)11-26-28(32)27-18(3)10-24(14-25(27)36-26)34-16-21-13-22(30)12-20-15-33-17-35-29(20)21/h6-14H,4-5,15-17H2,1-3H3/b26-11-. The number of hydrogen-bond acceptors (Lipinski definition) is 6. The van der Waals surface area contributed by atoms with Crippen LogP contribution in [0.4, 0.5) is 5.69 Å². The number of allylic oxidation sites excluding steroid dienone is 1. The highest BCUT2D eigenvalue weighted by atomic mass is 35.5. The lowest BCUT2D eigenvalue weighted by molar-refractivity contribution is -0.0175. The van der Waals surface area contributed by atoms with Crippen LogP contribution in [-0.4, -0.2) is 25.7 Å². The normalized spacial score (nSPS) is 15.2. The van der Waals surface area contributed by atoms with Gasteiger partial charge < -0.3 is 23.8 Å². The van der Waals surface area contributed by atoms with Crippen LogP contribution in [0.25, 0.3) is 6.08 Å². The molecule has 0 fully saturated rings. The van der Waals surface area contributed by atoms with Crippen molar-refractivity contribution >= 4 is 29.1 Å². The molecule has 6 nitrogen and oxygen atoms in total. The second kappa shape index (κ2) is 10.2. The average molecular weight is 506 g/mol. The summed E-state index contributed by atoms with van der Waals surface area (Å²) in [6.07, 6.45) is 1.78. The highest BCUT2D eigenvalue weighted by molar-refractivity contribution is 6.30. The van der Waals surface area contributed by atoms with Gasteiger partial charge in [-0.2, -0.15) is 0 Å². The van der Waals surface area contributed by atoms with E-state index < -0.39 is 0 Å². The number of Topliss-reactive ketones (excluding diaryl/α,β-unsaturated/α-hetero) is 1. The van der Waals surface area contributed by atoms with E-state index in [9.17, 15) is 4.79 Å². The summed E-state index contributed by atoms with van der Waals surface area (Å²) in [4.78, 5) is 15.4. The first-order chi connectivity index (χ1) is 17.5. The maximum atomic E-state index is 13.1. The zero-order chi connectivity index (χ0) is 25.2. The highest BCUT2D eigenvalue weighted by Gasteiger charge is 2.30. The smallest absolute Gasteiger partial charge is 0.232 e. The van der Waals surface area contributed by atoms with E-state index in [4.69, 9.17) is 30.5 Å². The number of ether oxygens (including phenoxy) is 4. The van der Waals surface area contributed by atoms with Crippen molar-refractivity contribution in [2.24, 2.45) is 0 Å². The lowest BCUT2D eigenvalue weighted by Gasteiger charge is -2.21. The Bertz CT molecular complexity index is 1330. The fourth-order valence-corrected chi connectivity index (χ4v) is 4.87. The van der Waals surface area contributed by atoms with E-state index in [2.05, 4.69) is 30.9 Å². The molecule has 0 N–H and O–H groups in total. The van der Waals surface area contributed by atoms with Gasteiger partial charge in [-0.1, -0.05) is 23.7 Å². The molecule has 2 aliphatic heterocycles. The average Bonchev–Trinajstić information content (AvgIpc) is 3.19. The summed E-state index contributed by atoms with van der Waals surface area (Å²) >= 11 is 6.27. The minimum atomic E-state index is -0.126. The predicted molar refractivity (Wildman–Crippen MR) is 140 cm³/mol. The lowest BCUT2D eigenvalue weighted by atomic mass is 10.0. The largest absolute Gasteiger partial charge is 0.489 e. The summed E-state index contributed by atoms with van der Waals surface area (Å²) in [5.74, 6) is 2.02. The number of ketones is 1. The molecule has 3 aromatic carbocycles. The van der Waals surface area contributed by atoms with Gasteiger partial charge in [0.1, 0.15) is 23.9 Å². The number of carbonyl (C=O) groups is 1. The lowest BCUT2D eigenvalue weighted by Crippen LogP contribution is -2.21. The number of fused-ring (bicyclic) bond motifs is 2. The summed E-state index contributed by atoms with van der Waals surface area (Å²) in [7, 11) is 0. The fraction of sp³-hybridized carbons (Fsp3) is 0.276. The molecule has 0 spiro atoms. The summed E-state index contributed by atoms with van der Waals surface area (Å²) in [5, 5.41) is 0.598. The fourth-order valence-electron chi connectivity index (χ4n) is 4.61. The number of halogens is 1. The zero-order valence-electron chi connectivity index (χ0n) is 20.6. The zero-order valence-corrected chi connectivity index (χ0v) is 21.4. The number of nitrogens with zero attached hydrogens (tertiary/aromatic N) is 1. The molecule has 5 rings (SSSR count). The molecule has 0 saturated heterocycles. The summed E-state index contributed by atoms with van der Waals surface area (Å²) in [6.45, 7) is 8.94. The van der Waals surface area contributed by atoms with Crippen molar-refractivity contribution in [3.63, 3.8) is 0 Å². The van der Waals surface area contributed by atoms with Gasteiger partial charge in [0, 0.05) is 41.0 Å². The minimum Gasteiger partial charge on any atom is -0.489 e. The monoisotopic (exact) mass is 505 g/mol. The van der Waals surface area contributed by atoms with Crippen LogP contribution in [0.1, 0.15) is 46.5 Å². The van der Waals surface area contributed by atoms with Gasteiger partial charge in [0.05, 0.1) is 12.2 Å². The van der Waals surface area contributed by atoms with Gasteiger partial charge in [0.25, 0.3) is 0 Å². The number of anilines is 1. The quantitative estimate of drug-likeness (QED) is 0.339. The predicted octanol–water partition coefficient (Wildman–Crippen LogP) is 6.56. The number of carbonyl (C=O) groups excluding carboxylic acids is 1. The van der Waals surface area contributed by atoms with Crippen LogP contribution in [-0.2, 0) is 18.0 Å². The Morgan fingerprint density at radius 2 is 1.86 bits per heavy atom. The van der Waals surface area contributed by atoms with Crippen LogP contribution in [0.15, 0.2) is 54.3 Å². The number of benzene rings is 3. The van der Waals surface area contributed by atoms with Crippen LogP contribution >= 0.6 is 11.6 Å². The first-order valence-corrected chi connectivity index (χ1v) is 12.4. The van der Waals surface area contributed by atoms with Gasteiger partial charge in [-0.15, -0.1) is 0 Å². The second-order valence-electron chi connectivity index (χ2n) is 8.77. The van der Waals surface area contributed by atoms with Gasteiger partial charge in [0.15, 0.2) is 12.6 Å². The third-order valence-corrected chi connectivity index (χ3v) is 6.63. The molecular formula is C29H28ClNO5. The molecule has 0 radical (unpaired) electrons. The molecular weight excluding hydrogens is 478 g/mol. The van der Waals surface area contributed by atoms with E-state index in [-0.39, 0.29) is 19.2 Å². The number of hydrogen-bond donors (Lipinski definition) is 0. The van der Waals surface area contributed by atoms with Crippen molar-refractivity contribution in [1.82, 2.24) is 0 Å². The molecule has 0 aromatic heterocycles. The Kier molecular flexibility index (Phi) is 6.90. The molecule has 0 atom stereocenters. The highest BCUT2D eigenvalue weighted by Crippen LogP contribution is 2.38.